The van der Waals surface area contributed by atoms with Crippen LogP contribution in [0, 0.1) is 5.92 Å². The molecule has 162 valence electrons. The van der Waals surface area contributed by atoms with Crippen molar-refractivity contribution < 1.29 is 9.59 Å². The SMILES string of the molecule is CN1C(=O)C(NC(=O)Nc2ccc(Cl)c(Cl)c2)N=C(C2CCCCC2)c2ccccc21. The van der Waals surface area contributed by atoms with E-state index >= 15 is 0 Å². The Balaban J connectivity index is 1.62. The Bertz CT molecular complexity index is 1030. The highest BCUT2D eigenvalue weighted by Gasteiger charge is 2.33. The van der Waals surface area contributed by atoms with E-state index in [0.29, 0.717) is 15.7 Å². The second-order valence-electron chi connectivity index (χ2n) is 7.89. The van der Waals surface area contributed by atoms with E-state index in [1.807, 2.05) is 24.3 Å². The van der Waals surface area contributed by atoms with E-state index in [1.165, 1.54) is 6.42 Å². The van der Waals surface area contributed by atoms with E-state index < -0.39 is 12.2 Å². The number of amides is 3. The Morgan fingerprint density at radius 2 is 1.81 bits per heavy atom. The van der Waals surface area contributed by atoms with Gasteiger partial charge in [0.25, 0.3) is 5.91 Å². The molecule has 8 heteroatoms. The van der Waals surface area contributed by atoms with Gasteiger partial charge in [0, 0.05) is 24.2 Å². The first-order valence-electron chi connectivity index (χ1n) is 10.4. The molecule has 0 bridgehead atoms. The van der Waals surface area contributed by atoms with Crippen LogP contribution in [0.2, 0.25) is 10.0 Å². The number of aliphatic imine (C=N–C) groups is 1. The second kappa shape index (κ2) is 9.28. The molecule has 2 N–H and O–H groups in total. The highest BCUT2D eigenvalue weighted by atomic mass is 35.5. The molecule has 4 rings (SSSR count). The van der Waals surface area contributed by atoms with E-state index in [2.05, 4.69) is 10.6 Å². The lowest BCUT2D eigenvalue weighted by molar-refractivity contribution is -0.119. The van der Waals surface area contributed by atoms with E-state index in [1.54, 1.807) is 30.1 Å². The van der Waals surface area contributed by atoms with Crippen molar-refractivity contribution in [2.24, 2.45) is 10.9 Å². The Morgan fingerprint density at radius 1 is 1.06 bits per heavy atom. The number of benzodiazepines with no additional fused rings is 1. The van der Waals surface area contributed by atoms with Gasteiger partial charge in [0.05, 0.1) is 21.4 Å². The molecule has 1 unspecified atom stereocenters. The number of halogens is 2. The van der Waals surface area contributed by atoms with Gasteiger partial charge in [-0.3, -0.25) is 9.79 Å². The molecule has 0 saturated heterocycles. The summed E-state index contributed by atoms with van der Waals surface area (Å²) in [4.78, 5) is 32.2. The Kier molecular flexibility index (Phi) is 6.49. The zero-order chi connectivity index (χ0) is 22.0. The maximum absolute atomic E-state index is 13.2. The van der Waals surface area contributed by atoms with Gasteiger partial charge in [0.15, 0.2) is 0 Å². The minimum atomic E-state index is -1.02. The summed E-state index contributed by atoms with van der Waals surface area (Å²) in [5, 5.41) is 6.14. The summed E-state index contributed by atoms with van der Waals surface area (Å²) >= 11 is 12.0. The minimum Gasteiger partial charge on any atom is -0.311 e. The summed E-state index contributed by atoms with van der Waals surface area (Å²) < 4.78 is 0. The van der Waals surface area contributed by atoms with Crippen LogP contribution in [0.15, 0.2) is 47.5 Å². The smallest absolute Gasteiger partial charge is 0.311 e. The highest BCUT2D eigenvalue weighted by Crippen LogP contribution is 2.33. The van der Waals surface area contributed by atoms with Crippen LogP contribution in [-0.4, -0.2) is 30.9 Å². The molecule has 2 aromatic carbocycles. The molecule has 1 saturated carbocycles. The van der Waals surface area contributed by atoms with Crippen molar-refractivity contribution in [1.29, 1.82) is 0 Å². The Hall–Kier alpha value is -2.57. The first-order valence-corrected chi connectivity index (χ1v) is 11.2. The standard InChI is InChI=1S/C23H24Cl2N4O2/c1-29-19-10-6-5-9-16(19)20(14-7-3-2-4-8-14)27-21(22(29)30)28-23(31)26-15-11-12-17(24)18(25)13-15/h5-6,9-14,21H,2-4,7-8H2,1H3,(H2,26,28,31). The quantitative estimate of drug-likeness (QED) is 0.637. The predicted octanol–water partition coefficient (Wildman–Crippen LogP) is 5.49. The summed E-state index contributed by atoms with van der Waals surface area (Å²) in [6, 6.07) is 12.0. The molecule has 0 aromatic heterocycles. The first-order chi connectivity index (χ1) is 14.9. The van der Waals surface area contributed by atoms with E-state index in [4.69, 9.17) is 28.2 Å². The number of carbonyl (C=O) groups excluding carboxylic acids is 2. The number of anilines is 2. The fraction of sp³-hybridized carbons (Fsp3) is 0.348. The summed E-state index contributed by atoms with van der Waals surface area (Å²) in [5.74, 6) is -0.0146. The number of urea groups is 1. The van der Waals surface area contributed by atoms with Crippen molar-refractivity contribution >= 4 is 52.2 Å². The number of hydrogen-bond donors (Lipinski definition) is 2. The zero-order valence-electron chi connectivity index (χ0n) is 17.2. The van der Waals surface area contributed by atoms with Gasteiger partial charge in [-0.15, -0.1) is 0 Å². The van der Waals surface area contributed by atoms with Crippen LogP contribution in [0.25, 0.3) is 0 Å². The summed E-state index contributed by atoms with van der Waals surface area (Å²) in [6.45, 7) is 0. The number of likely N-dealkylation sites (N-methyl/N-ethyl adjacent to an activating group) is 1. The van der Waals surface area contributed by atoms with Crippen LogP contribution in [0.4, 0.5) is 16.2 Å². The first kappa shape index (κ1) is 21.7. The van der Waals surface area contributed by atoms with Gasteiger partial charge in [-0.1, -0.05) is 60.7 Å². The number of para-hydroxylation sites is 1. The van der Waals surface area contributed by atoms with Crippen LogP contribution in [-0.2, 0) is 4.79 Å². The predicted molar refractivity (Wildman–Crippen MR) is 125 cm³/mol. The summed E-state index contributed by atoms with van der Waals surface area (Å²) in [7, 11) is 1.71. The van der Waals surface area contributed by atoms with Gasteiger partial charge < -0.3 is 15.5 Å². The molecule has 0 radical (unpaired) electrons. The van der Waals surface area contributed by atoms with Crippen molar-refractivity contribution in [3.05, 3.63) is 58.1 Å². The lowest BCUT2D eigenvalue weighted by Gasteiger charge is -2.25. The maximum atomic E-state index is 13.2. The van der Waals surface area contributed by atoms with Crippen molar-refractivity contribution in [3.8, 4) is 0 Å². The molecule has 6 nitrogen and oxygen atoms in total. The number of benzene rings is 2. The zero-order valence-corrected chi connectivity index (χ0v) is 18.7. The third kappa shape index (κ3) is 4.70. The fourth-order valence-corrected chi connectivity index (χ4v) is 4.51. The van der Waals surface area contributed by atoms with Gasteiger partial charge in [-0.05, 0) is 37.1 Å². The van der Waals surface area contributed by atoms with E-state index in [0.717, 1.165) is 42.6 Å². The third-order valence-corrected chi connectivity index (χ3v) is 6.55. The van der Waals surface area contributed by atoms with Crippen molar-refractivity contribution in [3.63, 3.8) is 0 Å². The van der Waals surface area contributed by atoms with Gasteiger partial charge in [0.1, 0.15) is 0 Å². The number of rotatable bonds is 3. The molecule has 1 heterocycles. The average Bonchev–Trinajstić information content (AvgIpc) is 2.88. The summed E-state index contributed by atoms with van der Waals surface area (Å²) in [6.07, 6.45) is 4.56. The number of nitrogens with zero attached hydrogens (tertiary/aromatic N) is 2. The maximum Gasteiger partial charge on any atom is 0.321 e. The molecule has 3 amide bonds. The molecule has 1 atom stereocenters. The molecule has 31 heavy (non-hydrogen) atoms. The van der Waals surface area contributed by atoms with Crippen LogP contribution in [0.1, 0.15) is 37.7 Å². The van der Waals surface area contributed by atoms with Crippen LogP contribution < -0.4 is 15.5 Å². The normalized spacial score (nSPS) is 19.3. The van der Waals surface area contributed by atoms with Crippen LogP contribution >= 0.6 is 23.2 Å². The Morgan fingerprint density at radius 3 is 2.55 bits per heavy atom. The molecule has 2 aliphatic rings. The minimum absolute atomic E-state index is 0.275. The monoisotopic (exact) mass is 458 g/mol. The van der Waals surface area contributed by atoms with Crippen molar-refractivity contribution in [2.45, 2.75) is 38.3 Å². The van der Waals surface area contributed by atoms with Crippen LogP contribution in [0.3, 0.4) is 0 Å². The van der Waals surface area contributed by atoms with Crippen LogP contribution in [0.5, 0.6) is 0 Å². The van der Waals surface area contributed by atoms with Gasteiger partial charge in [0.2, 0.25) is 6.17 Å². The average molecular weight is 459 g/mol. The second-order valence-corrected chi connectivity index (χ2v) is 8.71. The summed E-state index contributed by atoms with van der Waals surface area (Å²) in [5.41, 5.74) is 3.14. The molecular formula is C23H24Cl2N4O2. The molecule has 1 fully saturated rings. The fourth-order valence-electron chi connectivity index (χ4n) is 4.21. The number of hydrogen-bond acceptors (Lipinski definition) is 3. The molecule has 2 aromatic rings. The lowest BCUT2D eigenvalue weighted by Crippen LogP contribution is -2.47. The van der Waals surface area contributed by atoms with Crippen molar-refractivity contribution in [2.75, 3.05) is 17.3 Å². The molecule has 1 aliphatic carbocycles. The largest absolute Gasteiger partial charge is 0.321 e. The topological polar surface area (TPSA) is 73.8 Å². The third-order valence-electron chi connectivity index (χ3n) is 5.81. The number of carbonyl (C=O) groups is 2. The number of fused-ring (bicyclic) bond motifs is 1. The van der Waals surface area contributed by atoms with Gasteiger partial charge in [-0.2, -0.15) is 0 Å². The molecular weight excluding hydrogens is 435 g/mol. The van der Waals surface area contributed by atoms with E-state index in [9.17, 15) is 9.59 Å². The van der Waals surface area contributed by atoms with Crippen molar-refractivity contribution in [1.82, 2.24) is 5.32 Å². The highest BCUT2D eigenvalue weighted by molar-refractivity contribution is 6.42. The lowest BCUT2D eigenvalue weighted by atomic mass is 9.83. The molecule has 0 spiro atoms. The number of nitrogens with one attached hydrogen (secondary N) is 2. The van der Waals surface area contributed by atoms with E-state index in [-0.39, 0.29) is 11.8 Å². The Labute approximate surface area is 191 Å². The molecule has 1 aliphatic heterocycles. The van der Waals surface area contributed by atoms with Gasteiger partial charge >= 0.3 is 6.03 Å². The van der Waals surface area contributed by atoms with Gasteiger partial charge in [-0.25, -0.2) is 4.79 Å².